The van der Waals surface area contributed by atoms with Crippen molar-refractivity contribution in [1.82, 2.24) is 5.32 Å². The first kappa shape index (κ1) is 14.6. The predicted octanol–water partition coefficient (Wildman–Crippen LogP) is 0.867. The van der Waals surface area contributed by atoms with E-state index in [1.54, 1.807) is 0 Å². The summed E-state index contributed by atoms with van der Waals surface area (Å²) in [5, 5.41) is 13.7. The summed E-state index contributed by atoms with van der Waals surface area (Å²) in [6, 6.07) is 0.291. The maximum Gasteiger partial charge on any atom is 0.188 e. The van der Waals surface area contributed by atoms with Crippen LogP contribution in [0.25, 0.3) is 0 Å². The molecule has 19 heavy (non-hydrogen) atoms. The van der Waals surface area contributed by atoms with Gasteiger partial charge in [0.1, 0.15) is 0 Å². The van der Waals surface area contributed by atoms with Crippen LogP contribution < -0.4 is 11.1 Å². The number of guanidine groups is 1. The van der Waals surface area contributed by atoms with Gasteiger partial charge in [-0.05, 0) is 39.5 Å². The Labute approximate surface area is 115 Å². The molecule has 2 rings (SSSR count). The van der Waals surface area contributed by atoms with Crippen molar-refractivity contribution in [3.63, 3.8) is 0 Å². The summed E-state index contributed by atoms with van der Waals surface area (Å²) in [6.45, 7) is 6.25. The summed E-state index contributed by atoms with van der Waals surface area (Å²) < 4.78 is 5.41. The molecule has 1 saturated carbocycles. The second kappa shape index (κ2) is 6.09. The van der Waals surface area contributed by atoms with Crippen molar-refractivity contribution in [2.75, 3.05) is 19.8 Å². The van der Waals surface area contributed by atoms with Crippen molar-refractivity contribution in [3.8, 4) is 0 Å². The minimum absolute atomic E-state index is 0.0820. The maximum absolute atomic E-state index is 10.6. The fraction of sp³-hybridized carbons (Fsp3) is 0.929. The van der Waals surface area contributed by atoms with E-state index in [9.17, 15) is 5.11 Å². The monoisotopic (exact) mass is 269 g/mol. The Hall–Kier alpha value is -0.810. The summed E-state index contributed by atoms with van der Waals surface area (Å²) in [6.07, 6.45) is 3.84. The molecule has 2 fully saturated rings. The zero-order valence-corrected chi connectivity index (χ0v) is 12.1. The van der Waals surface area contributed by atoms with Gasteiger partial charge in [0.15, 0.2) is 5.96 Å². The number of aliphatic hydroxyl groups excluding tert-OH is 1. The topological polar surface area (TPSA) is 79.9 Å². The summed E-state index contributed by atoms with van der Waals surface area (Å²) in [4.78, 5) is 4.37. The summed E-state index contributed by atoms with van der Waals surface area (Å²) in [5.74, 6) is 0.723. The van der Waals surface area contributed by atoms with Gasteiger partial charge in [0.25, 0.3) is 0 Å². The lowest BCUT2D eigenvalue weighted by Crippen LogP contribution is -2.40. The Morgan fingerprint density at radius 1 is 1.42 bits per heavy atom. The largest absolute Gasteiger partial charge is 0.392 e. The van der Waals surface area contributed by atoms with Gasteiger partial charge in [0, 0.05) is 37.1 Å². The zero-order chi connectivity index (χ0) is 13.9. The highest BCUT2D eigenvalue weighted by atomic mass is 16.5. The van der Waals surface area contributed by atoms with Crippen molar-refractivity contribution in [1.29, 1.82) is 0 Å². The van der Waals surface area contributed by atoms with Crippen LogP contribution in [-0.2, 0) is 4.74 Å². The predicted molar refractivity (Wildman–Crippen MR) is 76.0 cm³/mol. The zero-order valence-electron chi connectivity index (χ0n) is 12.1. The minimum atomic E-state index is -0.257. The molecule has 2 aliphatic rings. The smallest absolute Gasteiger partial charge is 0.188 e. The fourth-order valence-corrected chi connectivity index (χ4v) is 3.35. The van der Waals surface area contributed by atoms with Gasteiger partial charge in [0.2, 0.25) is 0 Å². The lowest BCUT2D eigenvalue weighted by atomic mass is 9.76. The van der Waals surface area contributed by atoms with Crippen molar-refractivity contribution >= 4 is 5.96 Å². The van der Waals surface area contributed by atoms with Gasteiger partial charge >= 0.3 is 0 Å². The molecule has 110 valence electrons. The van der Waals surface area contributed by atoms with E-state index in [0.29, 0.717) is 18.5 Å². The molecule has 1 aliphatic heterocycles. The Morgan fingerprint density at radius 2 is 2.11 bits per heavy atom. The van der Waals surface area contributed by atoms with E-state index in [2.05, 4.69) is 10.3 Å². The van der Waals surface area contributed by atoms with E-state index in [1.807, 2.05) is 13.8 Å². The molecule has 2 atom stereocenters. The molecule has 4 N–H and O–H groups in total. The second-order valence-corrected chi connectivity index (χ2v) is 6.24. The first-order chi connectivity index (χ1) is 9.03. The summed E-state index contributed by atoms with van der Waals surface area (Å²) >= 11 is 0. The molecule has 5 heteroatoms. The van der Waals surface area contributed by atoms with Crippen LogP contribution in [0, 0.1) is 11.3 Å². The number of nitrogens with two attached hydrogens (primary N) is 1. The summed E-state index contributed by atoms with van der Waals surface area (Å²) in [7, 11) is 0. The third kappa shape index (κ3) is 3.39. The molecule has 0 aromatic heterocycles. The maximum atomic E-state index is 10.6. The molecule has 0 radical (unpaired) electrons. The van der Waals surface area contributed by atoms with Gasteiger partial charge < -0.3 is 20.9 Å². The number of rotatable bonds is 3. The van der Waals surface area contributed by atoms with E-state index in [-0.39, 0.29) is 17.4 Å². The van der Waals surface area contributed by atoms with Crippen molar-refractivity contribution in [2.24, 2.45) is 22.1 Å². The molecule has 1 heterocycles. The molecule has 0 bridgehead atoms. The molecule has 1 spiro atoms. The average molecular weight is 269 g/mol. The molecule has 0 aromatic carbocycles. The third-order valence-corrected chi connectivity index (χ3v) is 4.51. The highest BCUT2D eigenvalue weighted by Gasteiger charge is 2.47. The SMILES string of the molecule is CC(C)NC(N)=NCC1CCC2(CCOCC2)C1O. The highest BCUT2D eigenvalue weighted by molar-refractivity contribution is 5.78. The Kier molecular flexibility index (Phi) is 4.68. The minimum Gasteiger partial charge on any atom is -0.392 e. The molecule has 1 aliphatic carbocycles. The Balaban J connectivity index is 1.89. The van der Waals surface area contributed by atoms with Gasteiger partial charge in [-0.15, -0.1) is 0 Å². The van der Waals surface area contributed by atoms with Crippen LogP contribution in [0.5, 0.6) is 0 Å². The highest BCUT2D eigenvalue weighted by Crippen LogP contribution is 2.48. The average Bonchev–Trinajstić information content (AvgIpc) is 2.65. The van der Waals surface area contributed by atoms with Crippen LogP contribution >= 0.6 is 0 Å². The van der Waals surface area contributed by atoms with Crippen LogP contribution in [0.3, 0.4) is 0 Å². The number of ether oxygens (including phenoxy) is 1. The molecule has 2 unspecified atom stereocenters. The van der Waals surface area contributed by atoms with Gasteiger partial charge in [0.05, 0.1) is 6.10 Å². The van der Waals surface area contributed by atoms with Crippen molar-refractivity contribution < 1.29 is 9.84 Å². The van der Waals surface area contributed by atoms with E-state index in [4.69, 9.17) is 10.5 Å². The first-order valence-electron chi connectivity index (χ1n) is 7.36. The van der Waals surface area contributed by atoms with E-state index in [0.717, 1.165) is 38.9 Å². The fourth-order valence-electron chi connectivity index (χ4n) is 3.35. The normalized spacial score (nSPS) is 31.1. The van der Waals surface area contributed by atoms with Crippen LogP contribution in [-0.4, -0.2) is 43.0 Å². The van der Waals surface area contributed by atoms with Crippen molar-refractivity contribution in [3.05, 3.63) is 0 Å². The number of hydrogen-bond donors (Lipinski definition) is 3. The van der Waals surface area contributed by atoms with E-state index >= 15 is 0 Å². The van der Waals surface area contributed by atoms with Crippen LogP contribution in [0.4, 0.5) is 0 Å². The van der Waals surface area contributed by atoms with Gasteiger partial charge in [-0.2, -0.15) is 0 Å². The molecule has 1 saturated heterocycles. The quantitative estimate of drug-likeness (QED) is 0.524. The first-order valence-corrected chi connectivity index (χ1v) is 7.36. The molecular formula is C14H27N3O2. The molecule has 0 aromatic rings. The van der Waals surface area contributed by atoms with Gasteiger partial charge in [-0.1, -0.05) is 0 Å². The standard InChI is InChI=1S/C14H27N3O2/c1-10(2)17-13(15)16-9-11-3-4-14(12(11)18)5-7-19-8-6-14/h10-12,18H,3-9H2,1-2H3,(H3,15,16,17). The van der Waals surface area contributed by atoms with Crippen LogP contribution in [0.15, 0.2) is 4.99 Å². The van der Waals surface area contributed by atoms with Crippen molar-refractivity contribution in [2.45, 2.75) is 51.7 Å². The molecule has 0 amide bonds. The van der Waals surface area contributed by atoms with E-state index < -0.39 is 0 Å². The van der Waals surface area contributed by atoms with E-state index in [1.165, 1.54) is 0 Å². The number of nitrogens with one attached hydrogen (secondary N) is 1. The molecular weight excluding hydrogens is 242 g/mol. The summed E-state index contributed by atoms with van der Waals surface area (Å²) in [5.41, 5.74) is 5.89. The number of hydrogen-bond acceptors (Lipinski definition) is 3. The van der Waals surface area contributed by atoms with Gasteiger partial charge in [-0.3, -0.25) is 4.99 Å². The molecule has 5 nitrogen and oxygen atoms in total. The second-order valence-electron chi connectivity index (χ2n) is 6.24. The lowest BCUT2D eigenvalue weighted by molar-refractivity contribution is -0.0548. The third-order valence-electron chi connectivity index (χ3n) is 4.51. The van der Waals surface area contributed by atoms with Crippen LogP contribution in [0.2, 0.25) is 0 Å². The lowest BCUT2D eigenvalue weighted by Gasteiger charge is -2.37. The Bertz CT molecular complexity index is 325. The van der Waals surface area contributed by atoms with Gasteiger partial charge in [-0.25, -0.2) is 0 Å². The number of aliphatic hydroxyl groups is 1. The Morgan fingerprint density at radius 3 is 2.74 bits per heavy atom. The van der Waals surface area contributed by atoms with Crippen LogP contribution in [0.1, 0.15) is 39.5 Å². The number of nitrogens with zero attached hydrogens (tertiary/aromatic N) is 1. The number of aliphatic imine (C=N–C) groups is 1.